The predicted octanol–water partition coefficient (Wildman–Crippen LogP) is 4.35. The highest BCUT2D eigenvalue weighted by Gasteiger charge is 2.15. The monoisotopic (exact) mass is 343 g/mol. The molecule has 116 valence electrons. The fraction of sp³-hybridized carbons (Fsp3) is 0.118. The molecule has 0 radical (unpaired) electrons. The van der Waals surface area contributed by atoms with E-state index in [0.29, 0.717) is 10.7 Å². The quantitative estimate of drug-likeness (QED) is 0.766. The van der Waals surface area contributed by atoms with Crippen LogP contribution in [0.25, 0.3) is 10.6 Å². The zero-order valence-electron chi connectivity index (χ0n) is 12.4. The molecule has 2 heterocycles. The van der Waals surface area contributed by atoms with Crippen LogP contribution in [0.1, 0.15) is 29.1 Å². The first kappa shape index (κ1) is 15.6. The van der Waals surface area contributed by atoms with Gasteiger partial charge in [0.15, 0.2) is 0 Å². The number of aromatic nitrogens is 2. The largest absolute Gasteiger partial charge is 0.343 e. The first-order valence-corrected chi connectivity index (χ1v) is 8.32. The Hall–Kier alpha value is -2.24. The lowest BCUT2D eigenvalue weighted by Gasteiger charge is -2.11. The third-order valence-corrected chi connectivity index (χ3v) is 4.45. The molecule has 0 bridgehead atoms. The maximum atomic E-state index is 12.3. The molecule has 0 aliphatic carbocycles. The molecule has 23 heavy (non-hydrogen) atoms. The van der Waals surface area contributed by atoms with Gasteiger partial charge >= 0.3 is 0 Å². The zero-order valence-corrected chi connectivity index (χ0v) is 13.9. The summed E-state index contributed by atoms with van der Waals surface area (Å²) in [7, 11) is 0. The summed E-state index contributed by atoms with van der Waals surface area (Å²) >= 11 is 7.31. The molecule has 4 nitrogen and oxygen atoms in total. The number of pyridine rings is 1. The van der Waals surface area contributed by atoms with Gasteiger partial charge in [-0.2, -0.15) is 0 Å². The maximum Gasteiger partial charge on any atom is 0.271 e. The minimum atomic E-state index is -0.209. The SMILES string of the molecule is CC(NC(=O)c1csc(-c2ccc(Cl)cc2)n1)c1ccccn1. The number of carbonyl (C=O) groups is 1. The lowest BCUT2D eigenvalue weighted by atomic mass is 10.2. The highest BCUT2D eigenvalue weighted by Crippen LogP contribution is 2.25. The molecular formula is C17H14ClN3OS. The van der Waals surface area contributed by atoms with Crippen LogP contribution in [0.5, 0.6) is 0 Å². The zero-order chi connectivity index (χ0) is 16.2. The fourth-order valence-corrected chi connectivity index (χ4v) is 3.01. The Kier molecular flexibility index (Phi) is 4.69. The van der Waals surface area contributed by atoms with Crippen LogP contribution in [-0.2, 0) is 0 Å². The van der Waals surface area contributed by atoms with Crippen molar-refractivity contribution in [1.29, 1.82) is 0 Å². The minimum absolute atomic E-state index is 0.176. The van der Waals surface area contributed by atoms with Crippen LogP contribution >= 0.6 is 22.9 Å². The van der Waals surface area contributed by atoms with Crippen LogP contribution in [0, 0.1) is 0 Å². The Labute approximate surface area is 143 Å². The van der Waals surface area contributed by atoms with Gasteiger partial charge in [0.1, 0.15) is 10.7 Å². The highest BCUT2D eigenvalue weighted by molar-refractivity contribution is 7.13. The van der Waals surface area contributed by atoms with E-state index in [9.17, 15) is 4.79 Å². The van der Waals surface area contributed by atoms with Crippen molar-refractivity contribution in [3.05, 3.63) is 70.5 Å². The third-order valence-electron chi connectivity index (χ3n) is 3.31. The van der Waals surface area contributed by atoms with Crippen molar-refractivity contribution in [3.63, 3.8) is 0 Å². The summed E-state index contributed by atoms with van der Waals surface area (Å²) in [5.74, 6) is -0.209. The van der Waals surface area contributed by atoms with Crippen molar-refractivity contribution >= 4 is 28.8 Å². The van der Waals surface area contributed by atoms with E-state index >= 15 is 0 Å². The second kappa shape index (κ2) is 6.89. The summed E-state index contributed by atoms with van der Waals surface area (Å²) in [6.07, 6.45) is 1.71. The minimum Gasteiger partial charge on any atom is -0.343 e. The molecule has 3 rings (SSSR count). The van der Waals surface area contributed by atoms with Gasteiger partial charge in [-0.05, 0) is 31.2 Å². The number of amides is 1. The molecule has 0 spiro atoms. The number of thiazole rings is 1. The number of hydrogen-bond donors (Lipinski definition) is 1. The van der Waals surface area contributed by atoms with Gasteiger partial charge in [-0.3, -0.25) is 9.78 Å². The van der Waals surface area contributed by atoms with Crippen LogP contribution in [0.4, 0.5) is 0 Å². The second-order valence-electron chi connectivity index (χ2n) is 4.99. The normalized spacial score (nSPS) is 11.9. The molecule has 1 N–H and O–H groups in total. The van der Waals surface area contributed by atoms with E-state index in [1.165, 1.54) is 11.3 Å². The second-order valence-corrected chi connectivity index (χ2v) is 6.29. The van der Waals surface area contributed by atoms with Crippen molar-refractivity contribution in [2.75, 3.05) is 0 Å². The van der Waals surface area contributed by atoms with Crippen LogP contribution in [-0.4, -0.2) is 15.9 Å². The molecule has 1 aromatic carbocycles. The Bertz CT molecular complexity index is 802. The maximum absolute atomic E-state index is 12.3. The summed E-state index contributed by atoms with van der Waals surface area (Å²) in [6, 6.07) is 12.8. The number of nitrogens with zero attached hydrogens (tertiary/aromatic N) is 2. The van der Waals surface area contributed by atoms with Crippen LogP contribution in [0.2, 0.25) is 5.02 Å². The van der Waals surface area contributed by atoms with E-state index in [0.717, 1.165) is 16.3 Å². The molecule has 1 unspecified atom stereocenters. The average Bonchev–Trinajstić information content (AvgIpc) is 3.06. The van der Waals surface area contributed by atoms with Crippen LogP contribution < -0.4 is 5.32 Å². The van der Waals surface area contributed by atoms with Gasteiger partial charge in [-0.25, -0.2) is 4.98 Å². The van der Waals surface area contributed by atoms with E-state index < -0.39 is 0 Å². The fourth-order valence-electron chi connectivity index (χ4n) is 2.08. The van der Waals surface area contributed by atoms with Crippen molar-refractivity contribution in [1.82, 2.24) is 15.3 Å². The molecule has 0 fully saturated rings. The lowest BCUT2D eigenvalue weighted by Crippen LogP contribution is -2.27. The van der Waals surface area contributed by atoms with Gasteiger partial charge in [0.05, 0.1) is 11.7 Å². The first-order valence-electron chi connectivity index (χ1n) is 7.07. The first-order chi connectivity index (χ1) is 11.1. The van der Waals surface area contributed by atoms with E-state index in [2.05, 4.69) is 15.3 Å². The van der Waals surface area contributed by atoms with Crippen LogP contribution in [0.3, 0.4) is 0 Å². The van der Waals surface area contributed by atoms with Gasteiger partial charge in [0.2, 0.25) is 0 Å². The van der Waals surface area contributed by atoms with Gasteiger partial charge in [0.25, 0.3) is 5.91 Å². The molecule has 2 aromatic heterocycles. The summed E-state index contributed by atoms with van der Waals surface area (Å²) in [6.45, 7) is 1.90. The highest BCUT2D eigenvalue weighted by atomic mass is 35.5. The molecule has 1 amide bonds. The Morgan fingerprint density at radius 1 is 1.22 bits per heavy atom. The summed E-state index contributed by atoms with van der Waals surface area (Å²) in [5, 5.41) is 6.13. The van der Waals surface area contributed by atoms with E-state index in [4.69, 9.17) is 11.6 Å². The number of carbonyl (C=O) groups excluding carboxylic acids is 1. The van der Waals surface area contributed by atoms with Crippen molar-refractivity contribution in [3.8, 4) is 10.6 Å². The molecule has 6 heteroatoms. The van der Waals surface area contributed by atoms with Crippen molar-refractivity contribution in [2.45, 2.75) is 13.0 Å². The van der Waals surface area contributed by atoms with E-state index in [1.54, 1.807) is 23.7 Å². The average molecular weight is 344 g/mol. The van der Waals surface area contributed by atoms with Gasteiger partial charge in [0, 0.05) is 22.2 Å². The van der Waals surface area contributed by atoms with E-state index in [-0.39, 0.29) is 11.9 Å². The van der Waals surface area contributed by atoms with Crippen molar-refractivity contribution in [2.24, 2.45) is 0 Å². The van der Waals surface area contributed by atoms with Gasteiger partial charge in [-0.1, -0.05) is 29.8 Å². The molecule has 0 aliphatic rings. The molecule has 1 atom stereocenters. The standard InChI is InChI=1S/C17H14ClN3OS/c1-11(14-4-2-3-9-19-14)20-16(22)15-10-23-17(21-15)12-5-7-13(18)8-6-12/h2-11H,1H3,(H,20,22). The van der Waals surface area contributed by atoms with Gasteiger partial charge < -0.3 is 5.32 Å². The number of nitrogens with one attached hydrogen (secondary N) is 1. The van der Waals surface area contributed by atoms with Crippen LogP contribution in [0.15, 0.2) is 54.0 Å². The topological polar surface area (TPSA) is 54.9 Å². The number of benzene rings is 1. The van der Waals surface area contributed by atoms with Gasteiger partial charge in [-0.15, -0.1) is 11.3 Å². The number of hydrogen-bond acceptors (Lipinski definition) is 4. The third kappa shape index (κ3) is 3.75. The lowest BCUT2D eigenvalue weighted by molar-refractivity contribution is 0.0935. The molecule has 0 saturated heterocycles. The molecule has 0 aliphatic heterocycles. The Morgan fingerprint density at radius 2 is 2.00 bits per heavy atom. The predicted molar refractivity (Wildman–Crippen MR) is 92.7 cm³/mol. The Morgan fingerprint density at radius 3 is 2.70 bits per heavy atom. The molecule has 0 saturated carbocycles. The Balaban J connectivity index is 1.72. The molecule has 3 aromatic rings. The molecular weight excluding hydrogens is 330 g/mol. The van der Waals surface area contributed by atoms with E-state index in [1.807, 2.05) is 37.3 Å². The summed E-state index contributed by atoms with van der Waals surface area (Å²) in [5.41, 5.74) is 2.16. The summed E-state index contributed by atoms with van der Waals surface area (Å²) in [4.78, 5) is 21.0. The van der Waals surface area contributed by atoms with Crippen molar-refractivity contribution < 1.29 is 4.79 Å². The smallest absolute Gasteiger partial charge is 0.271 e. The number of rotatable bonds is 4. The summed E-state index contributed by atoms with van der Waals surface area (Å²) < 4.78 is 0. The number of halogens is 1.